The minimum atomic E-state index is -1.10. The Hall–Kier alpha value is -2.86. The molecule has 0 bridgehead atoms. The molecule has 27 heavy (non-hydrogen) atoms. The third-order valence-corrected chi connectivity index (χ3v) is 5.01. The fourth-order valence-electron chi connectivity index (χ4n) is 3.32. The summed E-state index contributed by atoms with van der Waals surface area (Å²) < 4.78 is 5.24. The minimum absolute atomic E-state index is 0.221. The number of amides is 3. The van der Waals surface area contributed by atoms with Crippen molar-refractivity contribution < 1.29 is 14.3 Å². The number of aryl methyl sites for hydroxylation is 1. The highest BCUT2D eigenvalue weighted by molar-refractivity contribution is 6.07. The van der Waals surface area contributed by atoms with Gasteiger partial charge in [0.05, 0.1) is 13.8 Å². The number of nitrogens with zero attached hydrogens (tertiary/aromatic N) is 2. The summed E-state index contributed by atoms with van der Waals surface area (Å²) in [5, 5.41) is 2.83. The van der Waals surface area contributed by atoms with Gasteiger partial charge in [-0.25, -0.2) is 9.69 Å². The molecule has 3 rings (SSSR count). The Bertz CT molecular complexity index is 867. The molecular formula is C21H25N3O3. The maximum atomic E-state index is 13.1. The maximum absolute atomic E-state index is 13.1. The number of benzene rings is 2. The summed E-state index contributed by atoms with van der Waals surface area (Å²) in [6.45, 7) is 4.65. The van der Waals surface area contributed by atoms with Gasteiger partial charge in [-0.05, 0) is 49.7 Å². The van der Waals surface area contributed by atoms with E-state index >= 15 is 0 Å². The summed E-state index contributed by atoms with van der Waals surface area (Å²) in [6.07, 6.45) is 0. The van der Waals surface area contributed by atoms with Gasteiger partial charge in [0.15, 0.2) is 0 Å². The van der Waals surface area contributed by atoms with E-state index in [1.54, 1.807) is 20.1 Å². The van der Waals surface area contributed by atoms with Gasteiger partial charge in [-0.3, -0.25) is 9.69 Å². The highest BCUT2D eigenvalue weighted by Crippen LogP contribution is 2.31. The van der Waals surface area contributed by atoms with E-state index in [2.05, 4.69) is 24.4 Å². The number of rotatable bonds is 6. The summed E-state index contributed by atoms with van der Waals surface area (Å²) in [6, 6.07) is 14.9. The van der Waals surface area contributed by atoms with Crippen molar-refractivity contribution in [2.75, 3.05) is 20.8 Å². The van der Waals surface area contributed by atoms with E-state index in [1.165, 1.54) is 16.0 Å². The Morgan fingerprint density at radius 1 is 1.15 bits per heavy atom. The van der Waals surface area contributed by atoms with Crippen molar-refractivity contribution in [3.63, 3.8) is 0 Å². The molecule has 1 heterocycles. The SMILES string of the molecule is COc1cccc([C@]2(C)NC(=O)N(CN(C)Cc3ccccc3C)C2=O)c1. The van der Waals surface area contributed by atoms with Crippen LogP contribution >= 0.6 is 0 Å². The lowest BCUT2D eigenvalue weighted by Gasteiger charge is -2.25. The highest BCUT2D eigenvalue weighted by atomic mass is 16.5. The molecule has 0 unspecified atom stereocenters. The summed E-state index contributed by atoms with van der Waals surface area (Å²) >= 11 is 0. The van der Waals surface area contributed by atoms with Crippen molar-refractivity contribution >= 4 is 11.9 Å². The van der Waals surface area contributed by atoms with E-state index in [1.807, 2.05) is 42.3 Å². The fraction of sp³-hybridized carbons (Fsp3) is 0.333. The van der Waals surface area contributed by atoms with Gasteiger partial charge in [0.2, 0.25) is 0 Å². The van der Waals surface area contributed by atoms with E-state index in [9.17, 15) is 9.59 Å². The Kier molecular flexibility index (Phi) is 5.19. The number of hydrogen-bond acceptors (Lipinski definition) is 4. The lowest BCUT2D eigenvalue weighted by Crippen LogP contribution is -2.42. The molecule has 0 aliphatic carbocycles. The number of carbonyl (C=O) groups is 2. The monoisotopic (exact) mass is 367 g/mol. The van der Waals surface area contributed by atoms with Gasteiger partial charge in [-0.15, -0.1) is 0 Å². The molecule has 1 saturated heterocycles. The van der Waals surface area contributed by atoms with Gasteiger partial charge >= 0.3 is 6.03 Å². The van der Waals surface area contributed by atoms with Crippen molar-refractivity contribution in [1.82, 2.24) is 15.1 Å². The van der Waals surface area contributed by atoms with Crippen LogP contribution in [0.15, 0.2) is 48.5 Å². The first kappa shape index (κ1) is 18.9. The normalized spacial score (nSPS) is 19.5. The second kappa shape index (κ2) is 7.40. The summed E-state index contributed by atoms with van der Waals surface area (Å²) in [5.41, 5.74) is 1.95. The molecule has 1 N–H and O–H groups in total. The van der Waals surface area contributed by atoms with Gasteiger partial charge in [0.25, 0.3) is 5.91 Å². The van der Waals surface area contributed by atoms with Crippen LogP contribution in [0.2, 0.25) is 0 Å². The third kappa shape index (κ3) is 3.66. The van der Waals surface area contributed by atoms with Crippen molar-refractivity contribution in [3.8, 4) is 5.75 Å². The van der Waals surface area contributed by atoms with E-state index in [0.29, 0.717) is 17.9 Å². The standard InChI is InChI=1S/C21H25N3O3/c1-15-8-5-6-9-16(15)13-23(3)14-24-19(25)21(2,22-20(24)26)17-10-7-11-18(12-17)27-4/h5-12H,13-14H2,1-4H3,(H,22,26)/t21-/m0/s1. The molecule has 1 aliphatic rings. The number of urea groups is 1. The smallest absolute Gasteiger partial charge is 0.326 e. The van der Waals surface area contributed by atoms with E-state index in [4.69, 9.17) is 4.74 Å². The van der Waals surface area contributed by atoms with Crippen LogP contribution in [0.3, 0.4) is 0 Å². The van der Waals surface area contributed by atoms with Crippen molar-refractivity contribution in [1.29, 1.82) is 0 Å². The molecule has 2 aromatic carbocycles. The second-order valence-electron chi connectivity index (χ2n) is 7.10. The van der Waals surface area contributed by atoms with Gasteiger partial charge in [0.1, 0.15) is 11.3 Å². The van der Waals surface area contributed by atoms with Crippen molar-refractivity contribution in [2.24, 2.45) is 0 Å². The number of hydrogen-bond donors (Lipinski definition) is 1. The second-order valence-corrected chi connectivity index (χ2v) is 7.10. The first-order valence-corrected chi connectivity index (χ1v) is 8.87. The molecular weight excluding hydrogens is 342 g/mol. The van der Waals surface area contributed by atoms with Crippen molar-refractivity contribution in [2.45, 2.75) is 25.9 Å². The molecule has 0 spiro atoms. The average Bonchev–Trinajstić information content (AvgIpc) is 2.88. The molecule has 3 amide bonds. The maximum Gasteiger partial charge on any atom is 0.326 e. The number of carbonyl (C=O) groups excluding carboxylic acids is 2. The summed E-state index contributed by atoms with van der Waals surface area (Å²) in [4.78, 5) is 28.8. The van der Waals surface area contributed by atoms with Gasteiger partial charge in [-0.1, -0.05) is 36.4 Å². The molecule has 0 radical (unpaired) electrons. The zero-order valence-corrected chi connectivity index (χ0v) is 16.2. The summed E-state index contributed by atoms with van der Waals surface area (Å²) in [7, 11) is 3.47. The van der Waals surface area contributed by atoms with E-state index in [-0.39, 0.29) is 18.6 Å². The Labute approximate surface area is 159 Å². The largest absolute Gasteiger partial charge is 0.497 e. The van der Waals surface area contributed by atoms with E-state index in [0.717, 1.165) is 0 Å². The molecule has 1 fully saturated rings. The molecule has 1 aliphatic heterocycles. The van der Waals surface area contributed by atoms with Crippen LogP contribution < -0.4 is 10.1 Å². The fourth-order valence-corrected chi connectivity index (χ4v) is 3.32. The van der Waals surface area contributed by atoms with E-state index < -0.39 is 5.54 Å². The van der Waals surface area contributed by atoms with Crippen LogP contribution in [0.25, 0.3) is 0 Å². The van der Waals surface area contributed by atoms with Crippen molar-refractivity contribution in [3.05, 3.63) is 65.2 Å². The first-order valence-electron chi connectivity index (χ1n) is 8.87. The van der Waals surface area contributed by atoms with Crippen LogP contribution in [-0.2, 0) is 16.9 Å². The highest BCUT2D eigenvalue weighted by Gasteiger charge is 2.49. The lowest BCUT2D eigenvalue weighted by molar-refractivity contribution is -0.132. The molecule has 2 aromatic rings. The molecule has 142 valence electrons. The quantitative estimate of drug-likeness (QED) is 0.798. The Morgan fingerprint density at radius 3 is 2.59 bits per heavy atom. The number of ether oxygens (including phenoxy) is 1. The minimum Gasteiger partial charge on any atom is -0.497 e. The molecule has 0 saturated carbocycles. The molecule has 1 atom stereocenters. The first-order chi connectivity index (χ1) is 12.8. The van der Waals surface area contributed by atoms with Gasteiger partial charge in [-0.2, -0.15) is 0 Å². The topological polar surface area (TPSA) is 61.9 Å². The predicted molar refractivity (Wildman–Crippen MR) is 103 cm³/mol. The predicted octanol–water partition coefficient (Wildman–Crippen LogP) is 2.86. The number of nitrogens with one attached hydrogen (secondary N) is 1. The van der Waals surface area contributed by atoms with Gasteiger partial charge < -0.3 is 10.1 Å². The molecule has 6 heteroatoms. The molecule has 0 aromatic heterocycles. The van der Waals surface area contributed by atoms with Crippen LogP contribution in [0.1, 0.15) is 23.6 Å². The molecule has 6 nitrogen and oxygen atoms in total. The number of methoxy groups -OCH3 is 1. The zero-order chi connectivity index (χ0) is 19.6. The Balaban J connectivity index is 1.76. The van der Waals surface area contributed by atoms with Crippen LogP contribution in [0, 0.1) is 6.92 Å². The van der Waals surface area contributed by atoms with Crippen LogP contribution in [0.4, 0.5) is 4.79 Å². The van der Waals surface area contributed by atoms with Gasteiger partial charge in [0, 0.05) is 6.54 Å². The lowest BCUT2D eigenvalue weighted by atomic mass is 9.92. The zero-order valence-electron chi connectivity index (χ0n) is 16.2. The number of imide groups is 1. The summed E-state index contributed by atoms with van der Waals surface area (Å²) in [5.74, 6) is 0.378. The van der Waals surface area contributed by atoms with Crippen LogP contribution in [-0.4, -0.2) is 42.6 Å². The third-order valence-electron chi connectivity index (χ3n) is 5.01. The Morgan fingerprint density at radius 2 is 1.89 bits per heavy atom. The average molecular weight is 367 g/mol. The van der Waals surface area contributed by atoms with Crippen LogP contribution in [0.5, 0.6) is 5.75 Å².